The van der Waals surface area contributed by atoms with Gasteiger partial charge in [0.25, 0.3) is 0 Å². The number of hydrogen-bond donors (Lipinski definition) is 2. The highest BCUT2D eigenvalue weighted by atomic mass is 16.5. The fourth-order valence-corrected chi connectivity index (χ4v) is 1.53. The standard InChI is InChI=1S/C12H15N3O2/c1-2-11-14-12(17-15-11)10(13)7-8-3-5-9(16)6-4-8/h3-6,10,16H,2,7,13H2,1H3/t10-/m0/s1. The Morgan fingerprint density at radius 2 is 2.06 bits per heavy atom. The molecule has 0 amide bonds. The van der Waals surface area contributed by atoms with E-state index in [-0.39, 0.29) is 11.8 Å². The van der Waals surface area contributed by atoms with Gasteiger partial charge in [-0.1, -0.05) is 24.2 Å². The van der Waals surface area contributed by atoms with Crippen LogP contribution in [0.5, 0.6) is 5.75 Å². The molecule has 1 heterocycles. The zero-order chi connectivity index (χ0) is 12.3. The number of aromatic nitrogens is 2. The predicted octanol–water partition coefficient (Wildman–Crippen LogP) is 1.58. The lowest BCUT2D eigenvalue weighted by Gasteiger charge is -2.06. The zero-order valence-corrected chi connectivity index (χ0v) is 9.63. The minimum absolute atomic E-state index is 0.244. The summed E-state index contributed by atoms with van der Waals surface area (Å²) in [4.78, 5) is 4.19. The van der Waals surface area contributed by atoms with Crippen molar-refractivity contribution in [1.82, 2.24) is 10.1 Å². The molecule has 1 aromatic carbocycles. The second-order valence-corrected chi connectivity index (χ2v) is 3.88. The fraction of sp³-hybridized carbons (Fsp3) is 0.333. The Morgan fingerprint density at radius 3 is 2.65 bits per heavy atom. The maximum absolute atomic E-state index is 9.17. The molecule has 1 aromatic heterocycles. The molecule has 0 aliphatic carbocycles. The molecule has 0 saturated heterocycles. The maximum atomic E-state index is 9.17. The number of nitrogens with zero attached hydrogens (tertiary/aromatic N) is 2. The van der Waals surface area contributed by atoms with Crippen molar-refractivity contribution in [3.05, 3.63) is 41.5 Å². The van der Waals surface area contributed by atoms with Crippen LogP contribution in [0, 0.1) is 0 Å². The molecule has 0 aliphatic heterocycles. The monoisotopic (exact) mass is 233 g/mol. The molecule has 0 bridgehead atoms. The second-order valence-electron chi connectivity index (χ2n) is 3.88. The minimum atomic E-state index is -0.313. The predicted molar refractivity (Wildman–Crippen MR) is 62.4 cm³/mol. The second kappa shape index (κ2) is 4.97. The van der Waals surface area contributed by atoms with Gasteiger partial charge in [-0.3, -0.25) is 0 Å². The van der Waals surface area contributed by atoms with E-state index in [1.165, 1.54) is 0 Å². The van der Waals surface area contributed by atoms with Crippen LogP contribution in [-0.4, -0.2) is 15.2 Å². The summed E-state index contributed by atoms with van der Waals surface area (Å²) < 4.78 is 5.08. The van der Waals surface area contributed by atoms with Gasteiger partial charge in [0.15, 0.2) is 5.82 Å². The zero-order valence-electron chi connectivity index (χ0n) is 9.63. The number of hydrogen-bond acceptors (Lipinski definition) is 5. The lowest BCUT2D eigenvalue weighted by Crippen LogP contribution is -2.13. The third-order valence-corrected chi connectivity index (χ3v) is 2.51. The lowest BCUT2D eigenvalue weighted by atomic mass is 10.1. The quantitative estimate of drug-likeness (QED) is 0.837. The Morgan fingerprint density at radius 1 is 1.35 bits per heavy atom. The SMILES string of the molecule is CCc1noc([C@@H](N)Cc2ccc(O)cc2)n1. The summed E-state index contributed by atoms with van der Waals surface area (Å²) in [6.07, 6.45) is 1.33. The van der Waals surface area contributed by atoms with Gasteiger partial charge in [-0.15, -0.1) is 0 Å². The molecule has 0 fully saturated rings. The number of rotatable bonds is 4. The molecule has 1 atom stereocenters. The van der Waals surface area contributed by atoms with E-state index in [9.17, 15) is 5.11 Å². The van der Waals surface area contributed by atoms with Crippen LogP contribution < -0.4 is 5.73 Å². The van der Waals surface area contributed by atoms with Crippen molar-refractivity contribution in [2.45, 2.75) is 25.8 Å². The van der Waals surface area contributed by atoms with E-state index < -0.39 is 0 Å². The van der Waals surface area contributed by atoms with Crippen molar-refractivity contribution in [2.75, 3.05) is 0 Å². The molecule has 5 heteroatoms. The van der Waals surface area contributed by atoms with E-state index >= 15 is 0 Å². The molecular weight excluding hydrogens is 218 g/mol. The molecule has 17 heavy (non-hydrogen) atoms. The van der Waals surface area contributed by atoms with Crippen LogP contribution in [0.4, 0.5) is 0 Å². The number of aryl methyl sites for hydroxylation is 1. The molecule has 0 radical (unpaired) electrons. The van der Waals surface area contributed by atoms with Crippen LogP contribution in [0.15, 0.2) is 28.8 Å². The number of phenolic OH excluding ortho intramolecular Hbond substituents is 1. The van der Waals surface area contributed by atoms with Gasteiger partial charge in [0, 0.05) is 6.42 Å². The van der Waals surface area contributed by atoms with Gasteiger partial charge in [0.2, 0.25) is 5.89 Å². The molecular formula is C12H15N3O2. The van der Waals surface area contributed by atoms with E-state index in [0.717, 1.165) is 12.0 Å². The number of phenols is 1. The maximum Gasteiger partial charge on any atom is 0.243 e. The Bertz CT molecular complexity index is 479. The summed E-state index contributed by atoms with van der Waals surface area (Å²) in [6.45, 7) is 1.96. The van der Waals surface area contributed by atoms with Crippen LogP contribution in [0.25, 0.3) is 0 Å². The van der Waals surface area contributed by atoms with Crippen LogP contribution in [0.1, 0.15) is 30.2 Å². The summed E-state index contributed by atoms with van der Waals surface area (Å²) in [5, 5.41) is 13.0. The first-order chi connectivity index (χ1) is 8.19. The van der Waals surface area contributed by atoms with Crippen LogP contribution in [-0.2, 0) is 12.8 Å². The summed E-state index contributed by atoms with van der Waals surface area (Å²) >= 11 is 0. The van der Waals surface area contributed by atoms with Gasteiger partial charge >= 0.3 is 0 Å². The summed E-state index contributed by atoms with van der Waals surface area (Å²) in [5.41, 5.74) is 6.99. The molecule has 5 nitrogen and oxygen atoms in total. The highest BCUT2D eigenvalue weighted by Crippen LogP contribution is 2.16. The van der Waals surface area contributed by atoms with Gasteiger partial charge in [0.1, 0.15) is 5.75 Å². The Labute approximate surface area is 99.3 Å². The smallest absolute Gasteiger partial charge is 0.243 e. The third kappa shape index (κ3) is 2.82. The van der Waals surface area contributed by atoms with E-state index in [2.05, 4.69) is 10.1 Å². The molecule has 90 valence electrons. The van der Waals surface area contributed by atoms with Gasteiger partial charge in [0.05, 0.1) is 6.04 Å². The Hall–Kier alpha value is -1.88. The van der Waals surface area contributed by atoms with Crippen LogP contribution >= 0.6 is 0 Å². The van der Waals surface area contributed by atoms with Gasteiger partial charge < -0.3 is 15.4 Å². The van der Waals surface area contributed by atoms with Gasteiger partial charge in [-0.05, 0) is 24.1 Å². The van der Waals surface area contributed by atoms with Crippen molar-refractivity contribution in [3.63, 3.8) is 0 Å². The van der Waals surface area contributed by atoms with Gasteiger partial charge in [-0.25, -0.2) is 0 Å². The minimum Gasteiger partial charge on any atom is -0.508 e. The third-order valence-electron chi connectivity index (χ3n) is 2.51. The van der Waals surface area contributed by atoms with E-state index in [0.29, 0.717) is 18.1 Å². The van der Waals surface area contributed by atoms with Crippen molar-refractivity contribution in [2.24, 2.45) is 5.73 Å². The highest BCUT2D eigenvalue weighted by molar-refractivity contribution is 5.26. The van der Waals surface area contributed by atoms with E-state index in [1.54, 1.807) is 12.1 Å². The topological polar surface area (TPSA) is 85.2 Å². The van der Waals surface area contributed by atoms with Crippen molar-refractivity contribution in [1.29, 1.82) is 0 Å². The highest BCUT2D eigenvalue weighted by Gasteiger charge is 2.14. The first-order valence-electron chi connectivity index (χ1n) is 5.55. The average Bonchev–Trinajstić information content (AvgIpc) is 2.81. The summed E-state index contributed by atoms with van der Waals surface area (Å²) in [6, 6.07) is 6.60. The van der Waals surface area contributed by atoms with Crippen LogP contribution in [0.3, 0.4) is 0 Å². The lowest BCUT2D eigenvalue weighted by molar-refractivity contribution is 0.350. The van der Waals surface area contributed by atoms with E-state index in [1.807, 2.05) is 19.1 Å². The van der Waals surface area contributed by atoms with Crippen molar-refractivity contribution in [3.8, 4) is 5.75 Å². The molecule has 2 rings (SSSR count). The van der Waals surface area contributed by atoms with Crippen LogP contribution in [0.2, 0.25) is 0 Å². The van der Waals surface area contributed by atoms with Gasteiger partial charge in [-0.2, -0.15) is 4.98 Å². The Balaban J connectivity index is 2.05. The van der Waals surface area contributed by atoms with Crippen molar-refractivity contribution >= 4 is 0 Å². The Kier molecular flexibility index (Phi) is 3.39. The fourth-order valence-electron chi connectivity index (χ4n) is 1.53. The van der Waals surface area contributed by atoms with E-state index in [4.69, 9.17) is 10.3 Å². The normalized spacial score (nSPS) is 12.6. The van der Waals surface area contributed by atoms with Crippen molar-refractivity contribution < 1.29 is 9.63 Å². The molecule has 0 saturated carbocycles. The molecule has 0 unspecified atom stereocenters. The summed E-state index contributed by atoms with van der Waals surface area (Å²) in [5.74, 6) is 1.37. The summed E-state index contributed by atoms with van der Waals surface area (Å²) in [7, 11) is 0. The number of aromatic hydroxyl groups is 1. The molecule has 2 aromatic rings. The first-order valence-corrected chi connectivity index (χ1v) is 5.55. The molecule has 0 spiro atoms. The average molecular weight is 233 g/mol. The number of nitrogens with two attached hydrogens (primary N) is 1. The molecule has 0 aliphatic rings. The molecule has 3 N–H and O–H groups in total. The first kappa shape index (κ1) is 11.6. The number of benzene rings is 1. The largest absolute Gasteiger partial charge is 0.508 e.